The van der Waals surface area contributed by atoms with Gasteiger partial charge in [0.25, 0.3) is 0 Å². The van der Waals surface area contributed by atoms with Crippen molar-refractivity contribution in [3.05, 3.63) is 0 Å². The van der Waals surface area contributed by atoms with Gasteiger partial charge in [0.1, 0.15) is 6.42 Å². The monoisotopic (exact) mass is 339 g/mol. The average Bonchev–Trinajstić information content (AvgIpc) is 2.56. The lowest BCUT2D eigenvalue weighted by Crippen LogP contribution is -2.48. The molecule has 0 saturated carbocycles. The summed E-state index contributed by atoms with van der Waals surface area (Å²) < 4.78 is 4.97. The van der Waals surface area contributed by atoms with Crippen molar-refractivity contribution < 1.29 is 19.1 Å². The quantitative estimate of drug-likeness (QED) is 0.785. The average molecular weight is 339 g/mol. The number of hydrogen-bond donors (Lipinski definition) is 1. The van der Waals surface area contributed by atoms with Crippen LogP contribution in [0.4, 0.5) is 4.79 Å². The summed E-state index contributed by atoms with van der Waals surface area (Å²) in [6.07, 6.45) is 3.04. The summed E-state index contributed by atoms with van der Waals surface area (Å²) >= 11 is 0. The fraction of sp³-hybridized carbons (Fsp3) is 0.824. The van der Waals surface area contributed by atoms with Crippen LogP contribution in [0.2, 0.25) is 0 Å². The van der Waals surface area contributed by atoms with Crippen LogP contribution in [-0.2, 0) is 14.3 Å². The number of nitrogens with one attached hydrogen (secondary N) is 1. The lowest BCUT2D eigenvalue weighted by Gasteiger charge is -2.32. The molecule has 0 atom stereocenters. The molecule has 2 aliphatic rings. The van der Waals surface area contributed by atoms with Gasteiger partial charge >= 0.3 is 6.09 Å². The van der Waals surface area contributed by atoms with Gasteiger partial charge in [-0.2, -0.15) is 0 Å². The van der Waals surface area contributed by atoms with Gasteiger partial charge in [-0.3, -0.25) is 9.59 Å². The Hall–Kier alpha value is -1.79. The Morgan fingerprint density at radius 1 is 1.00 bits per heavy atom. The summed E-state index contributed by atoms with van der Waals surface area (Å²) in [4.78, 5) is 39.3. The van der Waals surface area contributed by atoms with Crippen LogP contribution in [0.3, 0.4) is 0 Å². The molecule has 0 aromatic heterocycles. The molecule has 0 aliphatic carbocycles. The number of amides is 3. The second-order valence-electron chi connectivity index (χ2n) is 6.77. The molecule has 0 spiro atoms. The molecule has 7 nitrogen and oxygen atoms in total. The highest BCUT2D eigenvalue weighted by Gasteiger charge is 2.26. The first-order valence-electron chi connectivity index (χ1n) is 8.98. The third kappa shape index (κ3) is 5.39. The van der Waals surface area contributed by atoms with E-state index in [2.05, 4.69) is 12.2 Å². The predicted octanol–water partition coefficient (Wildman–Crippen LogP) is 1.37. The Morgan fingerprint density at radius 3 is 2.17 bits per heavy atom. The molecule has 0 radical (unpaired) electrons. The second kappa shape index (κ2) is 8.89. The molecular formula is C17H29N3O4. The number of nitrogens with zero attached hydrogens (tertiary/aromatic N) is 2. The van der Waals surface area contributed by atoms with E-state index < -0.39 is 0 Å². The number of carbonyl (C=O) groups excluding carboxylic acids is 3. The van der Waals surface area contributed by atoms with Gasteiger partial charge in [0.15, 0.2) is 0 Å². The lowest BCUT2D eigenvalue weighted by molar-refractivity contribution is -0.137. The minimum Gasteiger partial charge on any atom is -0.450 e. The molecule has 0 aromatic rings. The normalized spacial score (nSPS) is 19.9. The van der Waals surface area contributed by atoms with E-state index in [1.165, 1.54) is 0 Å². The molecular weight excluding hydrogens is 310 g/mol. The highest BCUT2D eigenvalue weighted by Crippen LogP contribution is 2.17. The molecule has 2 rings (SSSR count). The van der Waals surface area contributed by atoms with E-state index >= 15 is 0 Å². The van der Waals surface area contributed by atoms with Crippen molar-refractivity contribution in [1.29, 1.82) is 0 Å². The van der Waals surface area contributed by atoms with Gasteiger partial charge in [-0.1, -0.05) is 6.92 Å². The van der Waals surface area contributed by atoms with E-state index in [-0.39, 0.29) is 30.4 Å². The van der Waals surface area contributed by atoms with Gasteiger partial charge in [-0.25, -0.2) is 4.79 Å². The summed E-state index contributed by atoms with van der Waals surface area (Å²) in [7, 11) is 0. The van der Waals surface area contributed by atoms with Crippen molar-refractivity contribution in [1.82, 2.24) is 15.1 Å². The number of hydrogen-bond acceptors (Lipinski definition) is 4. The maximum Gasteiger partial charge on any atom is 0.409 e. The number of likely N-dealkylation sites (tertiary alicyclic amines) is 2. The van der Waals surface area contributed by atoms with Crippen LogP contribution >= 0.6 is 0 Å². The second-order valence-corrected chi connectivity index (χ2v) is 6.77. The zero-order chi connectivity index (χ0) is 17.5. The van der Waals surface area contributed by atoms with Crippen molar-refractivity contribution in [2.75, 3.05) is 32.8 Å². The first-order chi connectivity index (χ1) is 11.5. The predicted molar refractivity (Wildman–Crippen MR) is 89.4 cm³/mol. The zero-order valence-corrected chi connectivity index (χ0v) is 14.8. The maximum atomic E-state index is 12.2. The van der Waals surface area contributed by atoms with Crippen LogP contribution in [-0.4, -0.2) is 66.5 Å². The van der Waals surface area contributed by atoms with E-state index in [9.17, 15) is 14.4 Å². The van der Waals surface area contributed by atoms with Crippen LogP contribution in [0.5, 0.6) is 0 Å². The van der Waals surface area contributed by atoms with E-state index in [0.29, 0.717) is 38.5 Å². The van der Waals surface area contributed by atoms with E-state index in [1.807, 2.05) is 0 Å². The standard InChI is InChI=1S/C17H29N3O4/c1-3-24-17(23)20-10-6-14(7-11-20)18-15(21)12-16(22)19-8-4-13(2)5-9-19/h13-14H,3-12H2,1-2H3,(H,18,21). The van der Waals surface area contributed by atoms with Crippen molar-refractivity contribution in [3.63, 3.8) is 0 Å². The summed E-state index contributed by atoms with van der Waals surface area (Å²) in [5.74, 6) is 0.365. The molecule has 0 aromatic carbocycles. The molecule has 3 amide bonds. The summed E-state index contributed by atoms with van der Waals surface area (Å²) in [5.41, 5.74) is 0. The van der Waals surface area contributed by atoms with Crippen LogP contribution < -0.4 is 5.32 Å². The number of piperidine rings is 2. The van der Waals surface area contributed by atoms with Gasteiger partial charge in [0.05, 0.1) is 6.61 Å². The molecule has 2 heterocycles. The Kier molecular flexibility index (Phi) is 6.87. The Balaban J connectivity index is 1.68. The third-order valence-corrected chi connectivity index (χ3v) is 4.83. The molecule has 0 unspecified atom stereocenters. The van der Waals surface area contributed by atoms with Crippen molar-refractivity contribution in [2.45, 2.75) is 52.0 Å². The SMILES string of the molecule is CCOC(=O)N1CCC(NC(=O)CC(=O)N2CCC(C)CC2)CC1. The zero-order valence-electron chi connectivity index (χ0n) is 14.8. The van der Waals surface area contributed by atoms with Gasteiger partial charge in [-0.15, -0.1) is 0 Å². The maximum absolute atomic E-state index is 12.2. The molecule has 2 fully saturated rings. The van der Waals surface area contributed by atoms with Crippen LogP contribution in [0.1, 0.15) is 46.0 Å². The molecule has 7 heteroatoms. The smallest absolute Gasteiger partial charge is 0.409 e. The number of carbonyl (C=O) groups is 3. The fourth-order valence-corrected chi connectivity index (χ4v) is 3.21. The van der Waals surface area contributed by atoms with Crippen molar-refractivity contribution >= 4 is 17.9 Å². The third-order valence-electron chi connectivity index (χ3n) is 4.83. The Bertz CT molecular complexity index is 453. The fourth-order valence-electron chi connectivity index (χ4n) is 3.21. The first kappa shape index (κ1) is 18.5. The van der Waals surface area contributed by atoms with Crippen molar-refractivity contribution in [2.24, 2.45) is 5.92 Å². The summed E-state index contributed by atoms with van der Waals surface area (Å²) in [6, 6.07) is 0.0253. The van der Waals surface area contributed by atoms with Crippen LogP contribution in [0, 0.1) is 5.92 Å². The molecule has 24 heavy (non-hydrogen) atoms. The van der Waals surface area contributed by atoms with Crippen molar-refractivity contribution in [3.8, 4) is 0 Å². The van der Waals surface area contributed by atoms with E-state index in [0.717, 1.165) is 25.9 Å². The summed E-state index contributed by atoms with van der Waals surface area (Å²) in [5, 5.41) is 2.92. The van der Waals surface area contributed by atoms with Crippen LogP contribution in [0.25, 0.3) is 0 Å². The molecule has 2 saturated heterocycles. The van der Waals surface area contributed by atoms with E-state index in [4.69, 9.17) is 4.74 Å². The topological polar surface area (TPSA) is 79.0 Å². The van der Waals surface area contributed by atoms with E-state index in [1.54, 1.807) is 16.7 Å². The lowest BCUT2D eigenvalue weighted by atomic mass is 9.99. The number of rotatable bonds is 4. The summed E-state index contributed by atoms with van der Waals surface area (Å²) in [6.45, 7) is 6.99. The number of ether oxygens (including phenoxy) is 1. The highest BCUT2D eigenvalue weighted by molar-refractivity contribution is 5.97. The largest absolute Gasteiger partial charge is 0.450 e. The Morgan fingerprint density at radius 2 is 1.58 bits per heavy atom. The molecule has 136 valence electrons. The Labute approximate surface area is 143 Å². The van der Waals surface area contributed by atoms with Gasteiger partial charge in [0, 0.05) is 32.2 Å². The van der Waals surface area contributed by atoms with Gasteiger partial charge in [0.2, 0.25) is 11.8 Å². The highest BCUT2D eigenvalue weighted by atomic mass is 16.6. The molecule has 1 N–H and O–H groups in total. The van der Waals surface area contributed by atoms with Gasteiger partial charge in [-0.05, 0) is 38.5 Å². The molecule has 0 bridgehead atoms. The van der Waals surface area contributed by atoms with Crippen LogP contribution in [0.15, 0.2) is 0 Å². The van der Waals surface area contributed by atoms with Gasteiger partial charge < -0.3 is 19.9 Å². The minimum absolute atomic E-state index is 0.0253. The minimum atomic E-state index is -0.295. The molecule has 2 aliphatic heterocycles. The first-order valence-corrected chi connectivity index (χ1v) is 8.98.